The minimum absolute atomic E-state index is 0.337. The molecule has 2 fully saturated rings. The van der Waals surface area contributed by atoms with Gasteiger partial charge in [-0.1, -0.05) is 0 Å². The van der Waals surface area contributed by atoms with Crippen LogP contribution < -0.4 is 4.90 Å². The Morgan fingerprint density at radius 2 is 2.00 bits per heavy atom. The van der Waals surface area contributed by atoms with Crippen LogP contribution >= 0.6 is 0 Å². The van der Waals surface area contributed by atoms with E-state index in [1.807, 2.05) is 0 Å². The van der Waals surface area contributed by atoms with Crippen molar-refractivity contribution in [2.45, 2.75) is 30.9 Å². The fourth-order valence-electron chi connectivity index (χ4n) is 3.76. The van der Waals surface area contributed by atoms with Gasteiger partial charge in [0.25, 0.3) is 0 Å². The van der Waals surface area contributed by atoms with Gasteiger partial charge in [-0.15, -0.1) is 5.10 Å². The first kappa shape index (κ1) is 16.2. The Labute approximate surface area is 142 Å². The van der Waals surface area contributed by atoms with E-state index >= 15 is 0 Å². The Morgan fingerprint density at radius 3 is 2.75 bits per heavy atom. The molecular weight excluding hydrogens is 308 g/mol. The van der Waals surface area contributed by atoms with E-state index in [1.165, 1.54) is 17.7 Å². The number of likely N-dealkylation sites (N-methyl/N-ethyl adjacent to an activating group) is 1. The van der Waals surface area contributed by atoms with E-state index in [-0.39, 0.29) is 0 Å². The zero-order chi connectivity index (χ0) is 16.6. The van der Waals surface area contributed by atoms with Crippen LogP contribution in [0.4, 0.5) is 5.82 Å². The second-order valence-corrected chi connectivity index (χ2v) is 7.33. The van der Waals surface area contributed by atoms with Crippen molar-refractivity contribution in [3.8, 4) is 0 Å². The average molecular weight is 334 g/mol. The van der Waals surface area contributed by atoms with Crippen LogP contribution in [0.25, 0.3) is 0 Å². The van der Waals surface area contributed by atoms with E-state index in [2.05, 4.69) is 33.1 Å². The number of rotatable bonds is 4. The number of aryl methyl sites for hydroxylation is 2. The molecule has 0 amide bonds. The fraction of sp³-hybridized carbons (Fsp3) is 0.765. The monoisotopic (exact) mass is 334 g/mol. The van der Waals surface area contributed by atoms with Gasteiger partial charge in [-0.25, -0.2) is 0 Å². The third-order valence-electron chi connectivity index (χ3n) is 5.27. The van der Waals surface area contributed by atoms with Crippen LogP contribution in [0.5, 0.6) is 0 Å². The molecule has 1 aliphatic carbocycles. The Bertz CT molecular complexity index is 583. The second-order valence-electron chi connectivity index (χ2n) is 7.33. The molecule has 1 aromatic rings. The highest BCUT2D eigenvalue weighted by atomic mass is 16.6. The van der Waals surface area contributed by atoms with E-state index in [1.54, 1.807) is 0 Å². The molecular formula is C17H26N4O3. The van der Waals surface area contributed by atoms with E-state index in [9.17, 15) is 5.11 Å². The predicted octanol–water partition coefficient (Wildman–Crippen LogP) is -0.136. The van der Waals surface area contributed by atoms with E-state index < -0.39 is 5.60 Å². The molecule has 0 atom stereocenters. The molecule has 0 aromatic carbocycles. The lowest BCUT2D eigenvalue weighted by molar-refractivity contribution is -0.0773. The summed E-state index contributed by atoms with van der Waals surface area (Å²) in [5.74, 6) is 0.986. The van der Waals surface area contributed by atoms with Crippen molar-refractivity contribution in [2.75, 3.05) is 58.0 Å². The van der Waals surface area contributed by atoms with Crippen LogP contribution in [0.2, 0.25) is 0 Å². The fourth-order valence-corrected chi connectivity index (χ4v) is 3.76. The Balaban J connectivity index is 1.32. The van der Waals surface area contributed by atoms with Crippen molar-refractivity contribution >= 4 is 5.82 Å². The average Bonchev–Trinajstić information content (AvgIpc) is 2.87. The van der Waals surface area contributed by atoms with Crippen molar-refractivity contribution < 1.29 is 14.6 Å². The van der Waals surface area contributed by atoms with Gasteiger partial charge in [0.15, 0.2) is 5.82 Å². The van der Waals surface area contributed by atoms with Gasteiger partial charge in [-0.05, 0) is 37.9 Å². The van der Waals surface area contributed by atoms with E-state index in [0.717, 1.165) is 31.7 Å². The molecule has 7 heteroatoms. The first-order chi connectivity index (χ1) is 11.6. The predicted molar refractivity (Wildman–Crippen MR) is 89.3 cm³/mol. The van der Waals surface area contributed by atoms with Gasteiger partial charge in [-0.2, -0.15) is 5.10 Å². The maximum absolute atomic E-state index is 10.7. The number of aromatic nitrogens is 2. The lowest BCUT2D eigenvalue weighted by Crippen LogP contribution is -2.62. The third kappa shape index (κ3) is 3.26. The van der Waals surface area contributed by atoms with Crippen LogP contribution in [0.15, 0.2) is 6.07 Å². The molecule has 0 saturated carbocycles. The maximum Gasteiger partial charge on any atom is 0.151 e. The van der Waals surface area contributed by atoms with Crippen molar-refractivity contribution in [3.63, 3.8) is 0 Å². The highest BCUT2D eigenvalue weighted by Gasteiger charge is 2.37. The van der Waals surface area contributed by atoms with Gasteiger partial charge in [0, 0.05) is 25.7 Å². The molecule has 2 saturated heterocycles. The van der Waals surface area contributed by atoms with Gasteiger partial charge in [0.05, 0.1) is 32.1 Å². The summed E-state index contributed by atoms with van der Waals surface area (Å²) in [5, 5.41) is 19.4. The van der Waals surface area contributed by atoms with Crippen molar-refractivity contribution in [3.05, 3.63) is 17.3 Å². The van der Waals surface area contributed by atoms with Gasteiger partial charge in [-0.3, -0.25) is 4.90 Å². The number of ether oxygens (including phenoxy) is 2. The Kier molecular flexibility index (Phi) is 4.42. The molecule has 3 heterocycles. The molecule has 2 aliphatic heterocycles. The number of anilines is 1. The molecule has 1 N–H and O–H groups in total. The summed E-state index contributed by atoms with van der Waals surface area (Å²) in [4.78, 5) is 4.46. The van der Waals surface area contributed by atoms with Crippen molar-refractivity contribution in [1.82, 2.24) is 15.1 Å². The largest absolute Gasteiger partial charge is 0.384 e. The molecule has 0 radical (unpaired) electrons. The Hall–Kier alpha value is -1.28. The molecule has 0 bridgehead atoms. The normalized spacial score (nSPS) is 23.9. The molecule has 24 heavy (non-hydrogen) atoms. The standard InChI is InChI=1S/C17H26N4O3/c1-20(10-17(22)11-23-5-6-24-12-17)14-8-21(9-14)16-7-13-3-2-4-15(13)18-19-16/h7,14,22H,2-6,8-12H2,1H3. The van der Waals surface area contributed by atoms with Crippen LogP contribution in [0, 0.1) is 0 Å². The van der Waals surface area contributed by atoms with Crippen LogP contribution in [-0.2, 0) is 22.3 Å². The Morgan fingerprint density at radius 1 is 1.25 bits per heavy atom. The topological polar surface area (TPSA) is 71.0 Å². The van der Waals surface area contributed by atoms with E-state index in [4.69, 9.17) is 9.47 Å². The molecule has 4 rings (SSSR count). The number of aliphatic hydroxyl groups is 1. The van der Waals surface area contributed by atoms with E-state index in [0.29, 0.717) is 39.0 Å². The number of nitrogens with zero attached hydrogens (tertiary/aromatic N) is 4. The minimum Gasteiger partial charge on any atom is -0.384 e. The second kappa shape index (κ2) is 6.55. The minimum atomic E-state index is -0.918. The molecule has 1 aromatic heterocycles. The van der Waals surface area contributed by atoms with Gasteiger partial charge < -0.3 is 19.5 Å². The number of fused-ring (bicyclic) bond motifs is 1. The summed E-state index contributed by atoms with van der Waals surface area (Å²) in [6.45, 7) is 4.18. The van der Waals surface area contributed by atoms with Gasteiger partial charge >= 0.3 is 0 Å². The van der Waals surface area contributed by atoms with Crippen LogP contribution in [0.1, 0.15) is 17.7 Å². The smallest absolute Gasteiger partial charge is 0.151 e. The van der Waals surface area contributed by atoms with Gasteiger partial charge in [0.2, 0.25) is 0 Å². The first-order valence-electron chi connectivity index (χ1n) is 8.81. The molecule has 0 unspecified atom stereocenters. The highest BCUT2D eigenvalue weighted by molar-refractivity contribution is 5.45. The number of hydrogen-bond donors (Lipinski definition) is 1. The van der Waals surface area contributed by atoms with Crippen molar-refractivity contribution in [2.24, 2.45) is 0 Å². The SMILES string of the molecule is CN(CC1(O)COCCOC1)C1CN(c2cc3c(nn2)CCC3)C1. The molecule has 7 nitrogen and oxygen atoms in total. The first-order valence-corrected chi connectivity index (χ1v) is 8.81. The number of hydrogen-bond acceptors (Lipinski definition) is 7. The zero-order valence-electron chi connectivity index (χ0n) is 14.3. The summed E-state index contributed by atoms with van der Waals surface area (Å²) in [6, 6.07) is 2.61. The quantitative estimate of drug-likeness (QED) is 0.822. The van der Waals surface area contributed by atoms with Crippen LogP contribution in [-0.4, -0.2) is 85.0 Å². The summed E-state index contributed by atoms with van der Waals surface area (Å²) >= 11 is 0. The maximum atomic E-state index is 10.7. The zero-order valence-corrected chi connectivity index (χ0v) is 14.3. The molecule has 132 valence electrons. The lowest BCUT2D eigenvalue weighted by atomic mass is 10.0. The summed E-state index contributed by atoms with van der Waals surface area (Å²) in [6.07, 6.45) is 3.39. The molecule has 0 spiro atoms. The highest BCUT2D eigenvalue weighted by Crippen LogP contribution is 2.27. The summed E-state index contributed by atoms with van der Waals surface area (Å²) in [5.41, 5.74) is 1.61. The summed E-state index contributed by atoms with van der Waals surface area (Å²) in [7, 11) is 2.05. The molecule has 3 aliphatic rings. The summed E-state index contributed by atoms with van der Waals surface area (Å²) < 4.78 is 10.9. The lowest BCUT2D eigenvalue weighted by Gasteiger charge is -2.46. The van der Waals surface area contributed by atoms with Crippen LogP contribution in [0.3, 0.4) is 0 Å². The van der Waals surface area contributed by atoms with Crippen molar-refractivity contribution in [1.29, 1.82) is 0 Å². The van der Waals surface area contributed by atoms with Gasteiger partial charge in [0.1, 0.15) is 5.60 Å². The third-order valence-corrected chi connectivity index (χ3v) is 5.27.